The fourth-order valence-electron chi connectivity index (χ4n) is 1.50. The molecule has 0 bridgehead atoms. The lowest BCUT2D eigenvalue weighted by Gasteiger charge is -2.05. The summed E-state index contributed by atoms with van der Waals surface area (Å²) in [5, 5.41) is 2.40. The zero-order valence-electron chi connectivity index (χ0n) is 9.36. The van der Waals surface area contributed by atoms with E-state index in [1.165, 1.54) is 30.5 Å². The van der Waals surface area contributed by atoms with Crippen LogP contribution in [0.25, 0.3) is 0 Å². The van der Waals surface area contributed by atoms with Gasteiger partial charge in [0.15, 0.2) is 5.82 Å². The molecule has 1 N–H and O–H groups in total. The first-order chi connectivity index (χ1) is 8.65. The summed E-state index contributed by atoms with van der Waals surface area (Å²) in [7, 11) is 0. The topological polar surface area (TPSA) is 42.0 Å². The lowest BCUT2D eigenvalue weighted by atomic mass is 10.1. The molecule has 1 aromatic heterocycles. The molecule has 3 nitrogen and oxygen atoms in total. The number of anilines is 1. The second-order valence-electron chi connectivity index (χ2n) is 3.71. The van der Waals surface area contributed by atoms with Crippen molar-refractivity contribution in [2.75, 3.05) is 5.32 Å². The second kappa shape index (κ2) is 5.35. The molecule has 1 aromatic carbocycles. The van der Waals surface area contributed by atoms with Gasteiger partial charge in [0, 0.05) is 6.20 Å². The van der Waals surface area contributed by atoms with Gasteiger partial charge in [0.2, 0.25) is 5.91 Å². The normalized spacial score (nSPS) is 10.1. The van der Waals surface area contributed by atoms with Crippen LogP contribution in [0.4, 0.5) is 14.5 Å². The van der Waals surface area contributed by atoms with Crippen molar-refractivity contribution in [1.82, 2.24) is 4.98 Å². The third-order valence-electron chi connectivity index (χ3n) is 2.30. The number of hydrogen-bond donors (Lipinski definition) is 1. The Morgan fingerprint density at radius 3 is 2.83 bits per heavy atom. The van der Waals surface area contributed by atoms with Gasteiger partial charge in [-0.05, 0) is 23.8 Å². The van der Waals surface area contributed by atoms with E-state index >= 15 is 0 Å². The van der Waals surface area contributed by atoms with Crippen molar-refractivity contribution in [3.63, 3.8) is 0 Å². The van der Waals surface area contributed by atoms with Gasteiger partial charge in [0.05, 0.1) is 18.3 Å². The van der Waals surface area contributed by atoms with Crippen LogP contribution < -0.4 is 5.32 Å². The highest BCUT2D eigenvalue weighted by Gasteiger charge is 2.07. The van der Waals surface area contributed by atoms with E-state index in [4.69, 9.17) is 0 Å². The van der Waals surface area contributed by atoms with E-state index < -0.39 is 17.5 Å². The first-order valence-corrected chi connectivity index (χ1v) is 5.29. The van der Waals surface area contributed by atoms with Crippen molar-refractivity contribution in [3.8, 4) is 0 Å². The highest BCUT2D eigenvalue weighted by atomic mass is 19.1. The van der Waals surface area contributed by atoms with Gasteiger partial charge >= 0.3 is 0 Å². The quantitative estimate of drug-likeness (QED) is 0.906. The second-order valence-corrected chi connectivity index (χ2v) is 3.71. The molecule has 2 aromatic rings. The summed E-state index contributed by atoms with van der Waals surface area (Å²) in [5.41, 5.74) is 0.591. The SMILES string of the molecule is O=C(Cc1cccc(F)c1)Nc1ccncc1F. The van der Waals surface area contributed by atoms with Gasteiger partial charge < -0.3 is 5.32 Å². The smallest absolute Gasteiger partial charge is 0.228 e. The van der Waals surface area contributed by atoms with Gasteiger partial charge in [-0.2, -0.15) is 0 Å². The van der Waals surface area contributed by atoms with Crippen LogP contribution in [0.2, 0.25) is 0 Å². The Bertz CT molecular complexity index is 572. The fourth-order valence-corrected chi connectivity index (χ4v) is 1.50. The van der Waals surface area contributed by atoms with E-state index in [9.17, 15) is 13.6 Å². The molecular weight excluding hydrogens is 238 g/mol. The Morgan fingerprint density at radius 1 is 1.28 bits per heavy atom. The number of amides is 1. The predicted octanol–water partition coefficient (Wildman–Crippen LogP) is 2.54. The van der Waals surface area contributed by atoms with E-state index in [1.807, 2.05) is 0 Å². The Hall–Kier alpha value is -2.30. The van der Waals surface area contributed by atoms with Crippen molar-refractivity contribution in [2.24, 2.45) is 0 Å². The lowest BCUT2D eigenvalue weighted by Crippen LogP contribution is -2.15. The predicted molar refractivity (Wildman–Crippen MR) is 62.9 cm³/mol. The number of carbonyl (C=O) groups is 1. The van der Waals surface area contributed by atoms with Gasteiger partial charge in [-0.3, -0.25) is 9.78 Å². The number of benzene rings is 1. The molecule has 0 saturated heterocycles. The maximum Gasteiger partial charge on any atom is 0.228 e. The van der Waals surface area contributed by atoms with Gasteiger partial charge in [0.1, 0.15) is 5.82 Å². The fraction of sp³-hybridized carbons (Fsp3) is 0.0769. The van der Waals surface area contributed by atoms with Crippen LogP contribution >= 0.6 is 0 Å². The Labute approximate surface area is 102 Å². The van der Waals surface area contributed by atoms with Crippen molar-refractivity contribution in [2.45, 2.75) is 6.42 Å². The van der Waals surface area contributed by atoms with Gasteiger partial charge in [-0.1, -0.05) is 12.1 Å². The largest absolute Gasteiger partial charge is 0.323 e. The first kappa shape index (κ1) is 12.2. The zero-order valence-corrected chi connectivity index (χ0v) is 9.36. The molecule has 0 atom stereocenters. The number of nitrogens with zero attached hydrogens (tertiary/aromatic N) is 1. The number of halogens is 2. The minimum atomic E-state index is -0.606. The molecule has 0 aliphatic rings. The molecule has 0 aliphatic heterocycles. The standard InChI is InChI=1S/C13H10F2N2O/c14-10-3-1-2-9(6-10)7-13(18)17-12-4-5-16-8-11(12)15/h1-6,8H,7H2,(H,16,17,18). The van der Waals surface area contributed by atoms with Gasteiger partial charge in [0.25, 0.3) is 0 Å². The number of pyridine rings is 1. The molecule has 1 amide bonds. The number of carbonyl (C=O) groups excluding carboxylic acids is 1. The summed E-state index contributed by atoms with van der Waals surface area (Å²) in [5.74, 6) is -1.42. The third kappa shape index (κ3) is 3.10. The summed E-state index contributed by atoms with van der Waals surface area (Å²) in [6.45, 7) is 0. The minimum Gasteiger partial charge on any atom is -0.323 e. The van der Waals surface area contributed by atoms with E-state index in [2.05, 4.69) is 10.3 Å². The maximum atomic E-state index is 13.2. The summed E-state index contributed by atoms with van der Waals surface area (Å²) in [4.78, 5) is 15.2. The molecule has 1 heterocycles. The van der Waals surface area contributed by atoms with E-state index in [1.54, 1.807) is 6.07 Å². The molecular formula is C13H10F2N2O. The van der Waals surface area contributed by atoms with E-state index in [0.29, 0.717) is 5.56 Å². The summed E-state index contributed by atoms with van der Waals surface area (Å²) >= 11 is 0. The molecule has 2 rings (SSSR count). The molecule has 0 radical (unpaired) electrons. The number of nitrogens with one attached hydrogen (secondary N) is 1. The van der Waals surface area contributed by atoms with Crippen molar-refractivity contribution < 1.29 is 13.6 Å². The number of rotatable bonds is 3. The highest BCUT2D eigenvalue weighted by molar-refractivity contribution is 5.92. The van der Waals surface area contributed by atoms with Crippen LogP contribution in [0.1, 0.15) is 5.56 Å². The van der Waals surface area contributed by atoms with Gasteiger partial charge in [-0.25, -0.2) is 8.78 Å². The van der Waals surface area contributed by atoms with Crippen molar-refractivity contribution in [1.29, 1.82) is 0 Å². The Morgan fingerprint density at radius 2 is 2.11 bits per heavy atom. The molecule has 18 heavy (non-hydrogen) atoms. The molecule has 0 saturated carbocycles. The maximum absolute atomic E-state index is 13.2. The summed E-state index contributed by atoms with van der Waals surface area (Å²) < 4.78 is 26.1. The lowest BCUT2D eigenvalue weighted by molar-refractivity contribution is -0.115. The Kier molecular flexibility index (Phi) is 3.62. The molecule has 0 fully saturated rings. The van der Waals surface area contributed by atoms with Crippen LogP contribution in [0, 0.1) is 11.6 Å². The minimum absolute atomic E-state index is 0.0144. The van der Waals surface area contributed by atoms with E-state index in [-0.39, 0.29) is 12.1 Å². The first-order valence-electron chi connectivity index (χ1n) is 5.29. The average molecular weight is 248 g/mol. The average Bonchev–Trinajstić information content (AvgIpc) is 2.32. The number of hydrogen-bond acceptors (Lipinski definition) is 2. The molecule has 5 heteroatoms. The van der Waals surface area contributed by atoms with E-state index in [0.717, 1.165) is 6.20 Å². The van der Waals surface area contributed by atoms with Gasteiger partial charge in [-0.15, -0.1) is 0 Å². The highest BCUT2D eigenvalue weighted by Crippen LogP contribution is 2.12. The van der Waals surface area contributed by atoms with Crippen molar-refractivity contribution >= 4 is 11.6 Å². The molecule has 0 spiro atoms. The van der Waals surface area contributed by atoms with Crippen LogP contribution in [0.5, 0.6) is 0 Å². The molecule has 0 aliphatic carbocycles. The zero-order chi connectivity index (χ0) is 13.0. The third-order valence-corrected chi connectivity index (χ3v) is 2.30. The van der Waals surface area contributed by atoms with Crippen LogP contribution in [0.3, 0.4) is 0 Å². The molecule has 0 unspecified atom stereocenters. The van der Waals surface area contributed by atoms with Crippen LogP contribution in [-0.2, 0) is 11.2 Å². The molecule has 92 valence electrons. The monoisotopic (exact) mass is 248 g/mol. The van der Waals surface area contributed by atoms with Crippen molar-refractivity contribution in [3.05, 3.63) is 59.9 Å². The van der Waals surface area contributed by atoms with Crippen LogP contribution in [-0.4, -0.2) is 10.9 Å². The Balaban J connectivity index is 2.03. The summed E-state index contributed by atoms with van der Waals surface area (Å²) in [6.07, 6.45) is 2.37. The number of aromatic nitrogens is 1. The summed E-state index contributed by atoms with van der Waals surface area (Å²) in [6, 6.07) is 7.07. The van der Waals surface area contributed by atoms with Crippen LogP contribution in [0.15, 0.2) is 42.7 Å².